The number of rotatable bonds is 9. The molecule has 5 N–H and O–H groups in total. The maximum atomic E-state index is 11.2. The van der Waals surface area contributed by atoms with Crippen molar-refractivity contribution < 1.29 is 24.6 Å². The fourth-order valence-electron chi connectivity index (χ4n) is 1.80. The quantitative estimate of drug-likeness (QED) is 0.510. The summed E-state index contributed by atoms with van der Waals surface area (Å²) < 4.78 is 0. The molecule has 0 aromatic carbocycles. The van der Waals surface area contributed by atoms with Crippen molar-refractivity contribution in [1.29, 1.82) is 0 Å². The molecule has 0 radical (unpaired) electrons. The Kier molecular flexibility index (Phi) is 13.2. The van der Waals surface area contributed by atoms with Gasteiger partial charge >= 0.3 is 11.9 Å². The van der Waals surface area contributed by atoms with E-state index >= 15 is 0 Å². The van der Waals surface area contributed by atoms with E-state index in [2.05, 4.69) is 5.32 Å². The second-order valence-electron chi connectivity index (χ2n) is 6.41. The maximum Gasteiger partial charge on any atom is 0.326 e. The standard InChI is InChI=1S/C10H19NO3.C6H13NO2/c1-4-5-9(12)11-8(10(13)14)6-7(2)3;1-4(2)3-5(7)6(8)9/h7-8H,4-6H2,1-3H3,(H,11,12)(H,13,14);4-5H,3,7H2,1-2H3,(H,8,9)/t8-;5-/m00/s1. The lowest BCUT2D eigenvalue weighted by Crippen LogP contribution is -2.41. The summed E-state index contributed by atoms with van der Waals surface area (Å²) >= 11 is 0. The van der Waals surface area contributed by atoms with Crippen molar-refractivity contribution in [1.82, 2.24) is 5.32 Å². The van der Waals surface area contributed by atoms with Crippen LogP contribution in [0.2, 0.25) is 0 Å². The Morgan fingerprint density at radius 3 is 1.70 bits per heavy atom. The summed E-state index contributed by atoms with van der Waals surface area (Å²) in [6.45, 7) is 9.65. The van der Waals surface area contributed by atoms with E-state index in [1.807, 2.05) is 34.6 Å². The molecule has 0 unspecified atom stereocenters. The number of carbonyl (C=O) groups excluding carboxylic acids is 1. The summed E-state index contributed by atoms with van der Waals surface area (Å²) in [5.74, 6) is -1.43. The van der Waals surface area contributed by atoms with Crippen molar-refractivity contribution in [2.24, 2.45) is 17.6 Å². The monoisotopic (exact) mass is 332 g/mol. The molecule has 0 saturated heterocycles. The molecule has 0 aromatic rings. The average molecular weight is 332 g/mol. The Morgan fingerprint density at radius 2 is 1.43 bits per heavy atom. The number of carbonyl (C=O) groups is 3. The minimum Gasteiger partial charge on any atom is -0.480 e. The van der Waals surface area contributed by atoms with Crippen LogP contribution in [-0.4, -0.2) is 40.1 Å². The first-order chi connectivity index (χ1) is 10.5. The van der Waals surface area contributed by atoms with Gasteiger partial charge in [0.25, 0.3) is 0 Å². The van der Waals surface area contributed by atoms with Gasteiger partial charge in [0.2, 0.25) is 5.91 Å². The highest BCUT2D eigenvalue weighted by molar-refractivity contribution is 5.83. The molecule has 136 valence electrons. The third kappa shape index (κ3) is 15.1. The van der Waals surface area contributed by atoms with Crippen LogP contribution in [0.3, 0.4) is 0 Å². The van der Waals surface area contributed by atoms with Gasteiger partial charge in [-0.2, -0.15) is 0 Å². The first-order valence-corrected chi connectivity index (χ1v) is 8.01. The van der Waals surface area contributed by atoms with Crippen LogP contribution in [0, 0.1) is 11.8 Å². The first kappa shape index (κ1) is 23.6. The predicted octanol–water partition coefficient (Wildman–Crippen LogP) is 1.85. The molecule has 0 aromatic heterocycles. The van der Waals surface area contributed by atoms with Gasteiger partial charge in [0.05, 0.1) is 0 Å². The van der Waals surface area contributed by atoms with Crippen LogP contribution in [0.1, 0.15) is 60.3 Å². The third-order valence-electron chi connectivity index (χ3n) is 2.86. The summed E-state index contributed by atoms with van der Waals surface area (Å²) in [5.41, 5.74) is 5.22. The highest BCUT2D eigenvalue weighted by Crippen LogP contribution is 2.05. The van der Waals surface area contributed by atoms with Crippen LogP contribution in [0.4, 0.5) is 0 Å². The van der Waals surface area contributed by atoms with E-state index < -0.39 is 24.0 Å². The number of carboxylic acids is 2. The molecule has 0 spiro atoms. The van der Waals surface area contributed by atoms with Gasteiger partial charge in [-0.1, -0.05) is 34.6 Å². The molecule has 7 nitrogen and oxygen atoms in total. The number of hydrogen-bond donors (Lipinski definition) is 4. The molecule has 0 saturated carbocycles. The number of nitrogens with one attached hydrogen (secondary N) is 1. The van der Waals surface area contributed by atoms with Crippen molar-refractivity contribution in [3.63, 3.8) is 0 Å². The lowest BCUT2D eigenvalue weighted by molar-refractivity contribution is -0.142. The van der Waals surface area contributed by atoms with Gasteiger partial charge < -0.3 is 21.3 Å². The molecule has 7 heteroatoms. The Morgan fingerprint density at radius 1 is 0.957 bits per heavy atom. The number of nitrogens with two attached hydrogens (primary N) is 1. The summed E-state index contributed by atoms with van der Waals surface area (Å²) in [4.78, 5) is 32.0. The highest BCUT2D eigenvalue weighted by atomic mass is 16.4. The van der Waals surface area contributed by atoms with Crippen LogP contribution in [0.5, 0.6) is 0 Å². The van der Waals surface area contributed by atoms with Crippen LogP contribution in [0.25, 0.3) is 0 Å². The highest BCUT2D eigenvalue weighted by Gasteiger charge is 2.20. The number of carboxylic acid groups (broad SMARTS) is 2. The Labute approximate surface area is 138 Å². The molecular formula is C16H32N2O5. The number of amides is 1. The fourth-order valence-corrected chi connectivity index (χ4v) is 1.80. The average Bonchev–Trinajstić information content (AvgIpc) is 2.37. The van der Waals surface area contributed by atoms with E-state index in [4.69, 9.17) is 15.9 Å². The normalized spacial score (nSPS) is 13.0. The largest absolute Gasteiger partial charge is 0.480 e. The zero-order chi connectivity index (χ0) is 18.6. The second-order valence-corrected chi connectivity index (χ2v) is 6.41. The lowest BCUT2D eigenvalue weighted by atomic mass is 10.0. The summed E-state index contributed by atoms with van der Waals surface area (Å²) in [6.07, 6.45) is 2.15. The van der Waals surface area contributed by atoms with E-state index in [1.165, 1.54) is 0 Å². The number of hydrogen-bond acceptors (Lipinski definition) is 4. The van der Waals surface area contributed by atoms with Gasteiger partial charge in [0.1, 0.15) is 12.1 Å². The Bertz CT molecular complexity index is 369. The molecule has 1 amide bonds. The van der Waals surface area contributed by atoms with Gasteiger partial charge in [-0.25, -0.2) is 4.79 Å². The van der Waals surface area contributed by atoms with Crippen LogP contribution in [0.15, 0.2) is 0 Å². The molecule has 0 heterocycles. The van der Waals surface area contributed by atoms with Crippen molar-refractivity contribution in [3.05, 3.63) is 0 Å². The maximum absolute atomic E-state index is 11.2. The lowest BCUT2D eigenvalue weighted by Gasteiger charge is -2.16. The smallest absolute Gasteiger partial charge is 0.326 e. The van der Waals surface area contributed by atoms with Crippen molar-refractivity contribution >= 4 is 17.8 Å². The fraction of sp³-hybridized carbons (Fsp3) is 0.812. The molecule has 0 fully saturated rings. The van der Waals surface area contributed by atoms with Crippen molar-refractivity contribution in [3.8, 4) is 0 Å². The van der Waals surface area contributed by atoms with Gasteiger partial charge in [0.15, 0.2) is 0 Å². The van der Waals surface area contributed by atoms with E-state index in [0.29, 0.717) is 25.2 Å². The van der Waals surface area contributed by atoms with Crippen molar-refractivity contribution in [2.75, 3.05) is 0 Å². The first-order valence-electron chi connectivity index (χ1n) is 8.01. The van der Waals surface area contributed by atoms with Crippen molar-refractivity contribution in [2.45, 2.75) is 72.4 Å². The van der Waals surface area contributed by atoms with Gasteiger partial charge in [-0.15, -0.1) is 0 Å². The topological polar surface area (TPSA) is 130 Å². The van der Waals surface area contributed by atoms with Crippen LogP contribution < -0.4 is 11.1 Å². The van der Waals surface area contributed by atoms with Crippen LogP contribution >= 0.6 is 0 Å². The molecule has 23 heavy (non-hydrogen) atoms. The van der Waals surface area contributed by atoms with Gasteiger partial charge in [0, 0.05) is 6.42 Å². The molecule has 0 aliphatic heterocycles. The Balaban J connectivity index is 0. The van der Waals surface area contributed by atoms with E-state index in [-0.39, 0.29) is 11.8 Å². The minimum absolute atomic E-state index is 0.180. The Hall–Kier alpha value is -1.63. The zero-order valence-electron chi connectivity index (χ0n) is 14.8. The van der Waals surface area contributed by atoms with E-state index in [9.17, 15) is 14.4 Å². The van der Waals surface area contributed by atoms with E-state index in [1.54, 1.807) is 0 Å². The molecule has 0 aliphatic rings. The zero-order valence-corrected chi connectivity index (χ0v) is 14.8. The summed E-state index contributed by atoms with van der Waals surface area (Å²) in [5, 5.41) is 19.6. The van der Waals surface area contributed by atoms with Gasteiger partial charge in [-0.3, -0.25) is 9.59 Å². The molecule has 0 bridgehead atoms. The molecule has 2 atom stereocenters. The predicted molar refractivity (Wildman–Crippen MR) is 89.0 cm³/mol. The minimum atomic E-state index is -0.955. The van der Waals surface area contributed by atoms with E-state index in [0.717, 1.165) is 6.42 Å². The molecular weight excluding hydrogens is 300 g/mol. The third-order valence-corrected chi connectivity index (χ3v) is 2.86. The molecule has 0 aliphatic carbocycles. The summed E-state index contributed by atoms with van der Waals surface area (Å²) in [7, 11) is 0. The second kappa shape index (κ2) is 12.9. The number of aliphatic carboxylic acids is 2. The van der Waals surface area contributed by atoms with Crippen LogP contribution in [-0.2, 0) is 14.4 Å². The van der Waals surface area contributed by atoms with Gasteiger partial charge in [-0.05, 0) is 31.1 Å². The summed E-state index contributed by atoms with van der Waals surface area (Å²) in [6, 6.07) is -1.43. The molecule has 0 rings (SSSR count). The SMILES string of the molecule is CC(C)C[C@H](N)C(=O)O.CCCC(=O)N[C@@H](CC(C)C)C(=O)O.